The minimum atomic E-state index is 0.159. The van der Waals surface area contributed by atoms with E-state index in [1.165, 1.54) is 0 Å². The number of nitrogens with zero attached hydrogens (tertiary/aromatic N) is 1. The maximum atomic E-state index is 12.5. The van der Waals surface area contributed by atoms with Crippen LogP contribution in [-0.2, 0) is 0 Å². The van der Waals surface area contributed by atoms with Crippen molar-refractivity contribution in [1.29, 1.82) is 0 Å². The lowest BCUT2D eigenvalue weighted by Crippen LogP contribution is -2.40. The Kier molecular flexibility index (Phi) is 3.41. The summed E-state index contributed by atoms with van der Waals surface area (Å²) in [5.74, 6) is 1.19. The van der Waals surface area contributed by atoms with Gasteiger partial charge in [0.05, 0.1) is 4.88 Å². The number of nitrogens with two attached hydrogens (primary N) is 1. The normalized spacial score (nSPS) is 19.8. The number of rotatable bonds is 1. The molecule has 0 radical (unpaired) electrons. The molecule has 1 amide bonds. The second kappa shape index (κ2) is 5.06. The van der Waals surface area contributed by atoms with Gasteiger partial charge in [0.25, 0.3) is 5.91 Å². The highest BCUT2D eigenvalue weighted by molar-refractivity contribution is 7.99. The predicted octanol–water partition coefficient (Wildman–Crippen LogP) is 3.06. The number of hydrogen-bond donors (Lipinski definition) is 1. The zero-order chi connectivity index (χ0) is 13.4. The van der Waals surface area contributed by atoms with E-state index in [0.717, 1.165) is 39.5 Å². The summed E-state index contributed by atoms with van der Waals surface area (Å²) in [6, 6.07) is 7.76. The molecule has 0 saturated carbocycles. The third-order valence-corrected chi connectivity index (χ3v) is 5.52. The summed E-state index contributed by atoms with van der Waals surface area (Å²) < 4.78 is 1.12. The molecule has 19 heavy (non-hydrogen) atoms. The lowest BCUT2D eigenvalue weighted by molar-refractivity contribution is 0.0768. The number of thiophene rings is 1. The zero-order valence-corrected chi connectivity index (χ0v) is 12.4. The summed E-state index contributed by atoms with van der Waals surface area (Å²) in [6.45, 7) is 3.87. The van der Waals surface area contributed by atoms with Crippen LogP contribution in [0.4, 0.5) is 5.69 Å². The smallest absolute Gasteiger partial charge is 0.264 e. The molecule has 1 fully saturated rings. The van der Waals surface area contributed by atoms with Crippen LogP contribution in [0, 0.1) is 0 Å². The largest absolute Gasteiger partial charge is 0.399 e. The molecule has 2 heterocycles. The van der Waals surface area contributed by atoms with Gasteiger partial charge in [-0.05, 0) is 29.7 Å². The highest BCUT2D eigenvalue weighted by Crippen LogP contribution is 2.29. The number of thioether (sulfide) groups is 1. The summed E-state index contributed by atoms with van der Waals surface area (Å²) in [5, 5.41) is 1.59. The minimum Gasteiger partial charge on any atom is -0.399 e. The molecule has 1 aliphatic rings. The van der Waals surface area contributed by atoms with Crippen LogP contribution in [0.15, 0.2) is 24.3 Å². The third-order valence-electron chi connectivity index (χ3n) is 3.28. The van der Waals surface area contributed by atoms with Gasteiger partial charge < -0.3 is 10.6 Å². The monoisotopic (exact) mass is 292 g/mol. The van der Waals surface area contributed by atoms with Gasteiger partial charge in [-0.3, -0.25) is 4.79 Å². The van der Waals surface area contributed by atoms with Crippen molar-refractivity contribution in [1.82, 2.24) is 4.90 Å². The van der Waals surface area contributed by atoms with Gasteiger partial charge in [0.15, 0.2) is 0 Å². The van der Waals surface area contributed by atoms with E-state index in [1.807, 2.05) is 40.9 Å². The van der Waals surface area contributed by atoms with Crippen molar-refractivity contribution in [2.24, 2.45) is 0 Å². The summed E-state index contributed by atoms with van der Waals surface area (Å²) in [7, 11) is 0. The Hall–Kier alpha value is -1.20. The van der Waals surface area contributed by atoms with E-state index in [2.05, 4.69) is 6.92 Å². The van der Waals surface area contributed by atoms with Crippen molar-refractivity contribution in [2.75, 3.05) is 24.6 Å². The molecule has 3 nitrogen and oxygen atoms in total. The maximum Gasteiger partial charge on any atom is 0.264 e. The van der Waals surface area contributed by atoms with Crippen LogP contribution < -0.4 is 5.73 Å². The molecule has 1 unspecified atom stereocenters. The molecule has 3 rings (SSSR count). The fourth-order valence-corrected chi connectivity index (χ4v) is 4.35. The zero-order valence-electron chi connectivity index (χ0n) is 10.8. The molecule has 1 aliphatic heterocycles. The number of anilines is 1. The Balaban J connectivity index is 1.88. The first-order chi connectivity index (χ1) is 9.13. The molecule has 2 aromatic rings. The van der Waals surface area contributed by atoms with Crippen LogP contribution in [0.25, 0.3) is 10.1 Å². The topological polar surface area (TPSA) is 46.3 Å². The van der Waals surface area contributed by atoms with Crippen LogP contribution in [-0.4, -0.2) is 34.9 Å². The van der Waals surface area contributed by atoms with E-state index in [4.69, 9.17) is 5.73 Å². The van der Waals surface area contributed by atoms with E-state index in [9.17, 15) is 4.79 Å². The van der Waals surface area contributed by atoms with Gasteiger partial charge in [-0.1, -0.05) is 6.92 Å². The number of hydrogen-bond acceptors (Lipinski definition) is 4. The minimum absolute atomic E-state index is 0.159. The van der Waals surface area contributed by atoms with Crippen LogP contribution in [0.2, 0.25) is 0 Å². The fourth-order valence-electron chi connectivity index (χ4n) is 2.33. The standard InChI is InChI=1S/C14H16N2OS2/c1-9-8-16(4-5-18-9)14(17)13-7-10-6-11(15)2-3-12(10)19-13/h2-3,6-7,9H,4-5,8,15H2,1H3. The lowest BCUT2D eigenvalue weighted by Gasteiger charge is -2.30. The van der Waals surface area contributed by atoms with Gasteiger partial charge in [-0.25, -0.2) is 0 Å². The molecule has 1 aromatic carbocycles. The second-order valence-electron chi connectivity index (χ2n) is 4.84. The molecule has 1 aromatic heterocycles. The molecule has 100 valence electrons. The van der Waals surface area contributed by atoms with Gasteiger partial charge in [0.1, 0.15) is 0 Å². The molecule has 1 saturated heterocycles. The molecular formula is C14H16N2OS2. The number of fused-ring (bicyclic) bond motifs is 1. The third kappa shape index (κ3) is 2.58. The summed E-state index contributed by atoms with van der Waals surface area (Å²) in [6.07, 6.45) is 0. The molecule has 0 bridgehead atoms. The molecule has 5 heteroatoms. The maximum absolute atomic E-state index is 12.5. The Morgan fingerprint density at radius 1 is 1.42 bits per heavy atom. The van der Waals surface area contributed by atoms with Gasteiger partial charge in [0.2, 0.25) is 0 Å². The summed E-state index contributed by atoms with van der Waals surface area (Å²) in [4.78, 5) is 15.3. The van der Waals surface area contributed by atoms with E-state index < -0.39 is 0 Å². The number of amides is 1. The summed E-state index contributed by atoms with van der Waals surface area (Å²) in [5.41, 5.74) is 6.52. The SMILES string of the molecule is CC1CN(C(=O)c2cc3cc(N)ccc3s2)CCS1. The summed E-state index contributed by atoms with van der Waals surface area (Å²) >= 11 is 3.49. The van der Waals surface area contributed by atoms with E-state index in [-0.39, 0.29) is 5.91 Å². The first-order valence-electron chi connectivity index (χ1n) is 6.33. The lowest BCUT2D eigenvalue weighted by atomic mass is 10.2. The van der Waals surface area contributed by atoms with Crippen LogP contribution in [0.5, 0.6) is 0 Å². The second-order valence-corrected chi connectivity index (χ2v) is 7.47. The average molecular weight is 292 g/mol. The van der Waals surface area contributed by atoms with E-state index in [0.29, 0.717) is 5.25 Å². The average Bonchev–Trinajstić information content (AvgIpc) is 2.80. The van der Waals surface area contributed by atoms with Crippen molar-refractivity contribution in [3.05, 3.63) is 29.1 Å². The van der Waals surface area contributed by atoms with Crippen molar-refractivity contribution in [2.45, 2.75) is 12.2 Å². The van der Waals surface area contributed by atoms with Crippen LogP contribution in [0.3, 0.4) is 0 Å². The number of carbonyl (C=O) groups excluding carboxylic acids is 1. The highest BCUT2D eigenvalue weighted by atomic mass is 32.2. The van der Waals surface area contributed by atoms with Crippen molar-refractivity contribution in [3.63, 3.8) is 0 Å². The van der Waals surface area contributed by atoms with E-state index in [1.54, 1.807) is 11.3 Å². The number of benzene rings is 1. The molecule has 0 spiro atoms. The van der Waals surface area contributed by atoms with Gasteiger partial charge >= 0.3 is 0 Å². The van der Waals surface area contributed by atoms with Crippen LogP contribution in [0.1, 0.15) is 16.6 Å². The van der Waals surface area contributed by atoms with Crippen molar-refractivity contribution >= 4 is 44.8 Å². The predicted molar refractivity (Wildman–Crippen MR) is 84.1 cm³/mol. The quantitative estimate of drug-likeness (QED) is 0.822. The van der Waals surface area contributed by atoms with Crippen LogP contribution >= 0.6 is 23.1 Å². The molecule has 0 aliphatic carbocycles. The first kappa shape index (κ1) is 12.8. The van der Waals surface area contributed by atoms with Gasteiger partial charge in [-0.2, -0.15) is 11.8 Å². The Morgan fingerprint density at radius 3 is 3.05 bits per heavy atom. The Labute approximate surface area is 120 Å². The number of nitrogen functional groups attached to an aromatic ring is 1. The fraction of sp³-hybridized carbons (Fsp3) is 0.357. The highest BCUT2D eigenvalue weighted by Gasteiger charge is 2.23. The van der Waals surface area contributed by atoms with E-state index >= 15 is 0 Å². The first-order valence-corrected chi connectivity index (χ1v) is 8.20. The molecule has 1 atom stereocenters. The van der Waals surface area contributed by atoms with Crippen molar-refractivity contribution < 1.29 is 4.79 Å². The molecule has 2 N–H and O–H groups in total. The Morgan fingerprint density at radius 2 is 2.26 bits per heavy atom. The molecular weight excluding hydrogens is 276 g/mol. The van der Waals surface area contributed by atoms with Gasteiger partial charge in [0, 0.05) is 34.5 Å². The Bertz CT molecular complexity index is 623. The van der Waals surface area contributed by atoms with Crippen molar-refractivity contribution in [3.8, 4) is 0 Å². The number of carbonyl (C=O) groups is 1. The van der Waals surface area contributed by atoms with Gasteiger partial charge in [-0.15, -0.1) is 11.3 Å².